The molecule has 0 saturated carbocycles. The number of nitrogens with zero attached hydrogens (tertiary/aromatic N) is 1. The van der Waals surface area contributed by atoms with E-state index in [4.69, 9.17) is 4.74 Å². The standard InChI is InChI=1S/C9H15NO3/c1-9(2)5-6(11)13-7(9)8(12)10(3)4/h7H,5H2,1-4H3. The van der Waals surface area contributed by atoms with E-state index in [1.807, 2.05) is 13.8 Å². The summed E-state index contributed by atoms with van der Waals surface area (Å²) in [4.78, 5) is 24.0. The third-order valence-corrected chi connectivity index (χ3v) is 2.22. The first-order valence-corrected chi connectivity index (χ1v) is 4.25. The van der Waals surface area contributed by atoms with Gasteiger partial charge in [-0.05, 0) is 0 Å². The number of rotatable bonds is 1. The molecule has 1 aliphatic heterocycles. The summed E-state index contributed by atoms with van der Waals surface area (Å²) in [7, 11) is 3.31. The van der Waals surface area contributed by atoms with E-state index < -0.39 is 6.10 Å². The fourth-order valence-corrected chi connectivity index (χ4v) is 1.42. The lowest BCUT2D eigenvalue weighted by molar-refractivity contribution is -0.153. The fourth-order valence-electron chi connectivity index (χ4n) is 1.42. The van der Waals surface area contributed by atoms with Crippen molar-refractivity contribution < 1.29 is 14.3 Å². The maximum absolute atomic E-state index is 11.6. The van der Waals surface area contributed by atoms with Crippen molar-refractivity contribution in [1.82, 2.24) is 4.90 Å². The molecule has 1 amide bonds. The molecule has 1 heterocycles. The summed E-state index contributed by atoms with van der Waals surface area (Å²) in [6.07, 6.45) is -0.299. The number of amides is 1. The van der Waals surface area contributed by atoms with Gasteiger partial charge in [0, 0.05) is 19.5 Å². The Labute approximate surface area is 77.8 Å². The minimum absolute atomic E-state index is 0.143. The molecule has 0 aromatic rings. The Morgan fingerprint density at radius 1 is 1.54 bits per heavy atom. The van der Waals surface area contributed by atoms with Crippen LogP contribution in [0.5, 0.6) is 0 Å². The zero-order chi connectivity index (χ0) is 10.2. The molecule has 1 unspecified atom stereocenters. The summed E-state index contributed by atoms with van der Waals surface area (Å²) < 4.78 is 4.97. The van der Waals surface area contributed by atoms with E-state index in [9.17, 15) is 9.59 Å². The average molecular weight is 185 g/mol. The molecule has 4 nitrogen and oxygen atoms in total. The number of hydrogen-bond donors (Lipinski definition) is 0. The first-order chi connectivity index (χ1) is 5.84. The highest BCUT2D eigenvalue weighted by Gasteiger charge is 2.46. The van der Waals surface area contributed by atoms with Crippen LogP contribution in [0, 0.1) is 5.41 Å². The van der Waals surface area contributed by atoms with Crippen molar-refractivity contribution in [1.29, 1.82) is 0 Å². The molecule has 0 aromatic heterocycles. The van der Waals surface area contributed by atoms with E-state index in [1.54, 1.807) is 14.1 Å². The normalized spacial score (nSPS) is 25.5. The van der Waals surface area contributed by atoms with Gasteiger partial charge in [0.2, 0.25) is 0 Å². The quantitative estimate of drug-likeness (QED) is 0.556. The van der Waals surface area contributed by atoms with Crippen molar-refractivity contribution in [3.63, 3.8) is 0 Å². The summed E-state index contributed by atoms with van der Waals surface area (Å²) in [6.45, 7) is 3.73. The molecule has 0 bridgehead atoms. The van der Waals surface area contributed by atoms with Crippen LogP contribution in [0.25, 0.3) is 0 Å². The first-order valence-electron chi connectivity index (χ1n) is 4.25. The van der Waals surface area contributed by atoms with Crippen LogP contribution in [0.4, 0.5) is 0 Å². The lowest BCUT2D eigenvalue weighted by Crippen LogP contribution is -2.40. The Balaban J connectivity index is 2.81. The van der Waals surface area contributed by atoms with Gasteiger partial charge in [0.05, 0.1) is 6.42 Å². The van der Waals surface area contributed by atoms with Crippen molar-refractivity contribution in [2.75, 3.05) is 14.1 Å². The molecule has 1 rings (SSSR count). The molecule has 0 spiro atoms. The summed E-state index contributed by atoms with van der Waals surface area (Å²) in [5, 5.41) is 0. The van der Waals surface area contributed by atoms with Crippen molar-refractivity contribution in [3.8, 4) is 0 Å². The highest BCUT2D eigenvalue weighted by atomic mass is 16.6. The summed E-state index contributed by atoms with van der Waals surface area (Å²) in [6, 6.07) is 0. The monoisotopic (exact) mass is 185 g/mol. The highest BCUT2D eigenvalue weighted by Crippen LogP contribution is 2.35. The van der Waals surface area contributed by atoms with Crippen LogP contribution in [-0.2, 0) is 14.3 Å². The molecule has 0 aliphatic carbocycles. The maximum Gasteiger partial charge on any atom is 0.307 e. The molecular formula is C9H15NO3. The van der Waals surface area contributed by atoms with E-state index in [2.05, 4.69) is 0 Å². The van der Waals surface area contributed by atoms with E-state index >= 15 is 0 Å². The molecular weight excluding hydrogens is 170 g/mol. The van der Waals surface area contributed by atoms with Crippen LogP contribution in [-0.4, -0.2) is 37.0 Å². The Bertz CT molecular complexity index is 245. The Morgan fingerprint density at radius 3 is 2.38 bits per heavy atom. The van der Waals surface area contributed by atoms with Gasteiger partial charge in [-0.15, -0.1) is 0 Å². The number of likely N-dealkylation sites (N-methyl/N-ethyl adjacent to an activating group) is 1. The summed E-state index contributed by atoms with van der Waals surface area (Å²) in [5.74, 6) is -0.430. The second-order valence-electron chi connectivity index (χ2n) is 4.27. The molecule has 1 aliphatic rings. The van der Waals surface area contributed by atoms with Gasteiger partial charge in [-0.2, -0.15) is 0 Å². The third kappa shape index (κ3) is 1.82. The molecule has 1 fully saturated rings. The van der Waals surface area contributed by atoms with Crippen LogP contribution >= 0.6 is 0 Å². The number of carbonyl (C=O) groups is 2. The highest BCUT2D eigenvalue weighted by molar-refractivity contribution is 5.87. The van der Waals surface area contributed by atoms with Crippen LogP contribution in [0.3, 0.4) is 0 Å². The van der Waals surface area contributed by atoms with Crippen LogP contribution < -0.4 is 0 Å². The molecule has 13 heavy (non-hydrogen) atoms. The lowest BCUT2D eigenvalue weighted by Gasteiger charge is -2.25. The van der Waals surface area contributed by atoms with Gasteiger partial charge in [-0.1, -0.05) is 13.8 Å². The Morgan fingerprint density at radius 2 is 2.08 bits per heavy atom. The molecule has 4 heteroatoms. The number of ether oxygens (including phenoxy) is 1. The van der Waals surface area contributed by atoms with Crippen LogP contribution in [0.15, 0.2) is 0 Å². The van der Waals surface area contributed by atoms with Crippen LogP contribution in [0.1, 0.15) is 20.3 Å². The predicted molar refractivity (Wildman–Crippen MR) is 47.0 cm³/mol. The van der Waals surface area contributed by atoms with Gasteiger partial charge in [0.15, 0.2) is 6.10 Å². The number of carbonyl (C=O) groups excluding carboxylic acids is 2. The number of hydrogen-bond acceptors (Lipinski definition) is 3. The Kier molecular flexibility index (Phi) is 2.32. The van der Waals surface area contributed by atoms with Gasteiger partial charge in [0.25, 0.3) is 5.91 Å². The van der Waals surface area contributed by atoms with Crippen molar-refractivity contribution >= 4 is 11.9 Å². The van der Waals surface area contributed by atoms with E-state index in [-0.39, 0.29) is 17.3 Å². The van der Waals surface area contributed by atoms with E-state index in [0.29, 0.717) is 6.42 Å². The van der Waals surface area contributed by atoms with Gasteiger partial charge >= 0.3 is 5.97 Å². The van der Waals surface area contributed by atoms with Gasteiger partial charge in [0.1, 0.15) is 0 Å². The number of cyclic esters (lactones) is 1. The maximum atomic E-state index is 11.6. The minimum atomic E-state index is -0.616. The summed E-state index contributed by atoms with van der Waals surface area (Å²) in [5.41, 5.74) is -0.377. The minimum Gasteiger partial charge on any atom is -0.452 e. The van der Waals surface area contributed by atoms with Gasteiger partial charge in [-0.25, -0.2) is 0 Å². The van der Waals surface area contributed by atoms with Crippen molar-refractivity contribution in [3.05, 3.63) is 0 Å². The van der Waals surface area contributed by atoms with Crippen molar-refractivity contribution in [2.24, 2.45) is 5.41 Å². The average Bonchev–Trinajstić information content (AvgIpc) is 2.22. The molecule has 0 N–H and O–H groups in total. The summed E-state index contributed by atoms with van der Waals surface area (Å²) >= 11 is 0. The number of esters is 1. The molecule has 74 valence electrons. The third-order valence-electron chi connectivity index (χ3n) is 2.22. The zero-order valence-corrected chi connectivity index (χ0v) is 8.46. The second-order valence-corrected chi connectivity index (χ2v) is 4.27. The van der Waals surface area contributed by atoms with Gasteiger partial charge < -0.3 is 9.64 Å². The molecule has 1 saturated heterocycles. The van der Waals surface area contributed by atoms with Crippen molar-refractivity contribution in [2.45, 2.75) is 26.4 Å². The van der Waals surface area contributed by atoms with Crippen LogP contribution in [0.2, 0.25) is 0 Å². The lowest BCUT2D eigenvalue weighted by atomic mass is 9.85. The van der Waals surface area contributed by atoms with E-state index in [1.165, 1.54) is 4.90 Å². The SMILES string of the molecule is CN(C)C(=O)C1OC(=O)CC1(C)C. The smallest absolute Gasteiger partial charge is 0.307 e. The zero-order valence-electron chi connectivity index (χ0n) is 8.46. The molecule has 0 radical (unpaired) electrons. The van der Waals surface area contributed by atoms with Gasteiger partial charge in [-0.3, -0.25) is 9.59 Å². The Hall–Kier alpha value is -1.06. The van der Waals surface area contributed by atoms with E-state index in [0.717, 1.165) is 0 Å². The fraction of sp³-hybridized carbons (Fsp3) is 0.778. The second kappa shape index (κ2) is 3.01. The topological polar surface area (TPSA) is 46.6 Å². The first kappa shape index (κ1) is 10.0. The predicted octanol–water partition coefficient (Wildman–Crippen LogP) is 0.416. The molecule has 0 aromatic carbocycles. The molecule has 1 atom stereocenters. The largest absolute Gasteiger partial charge is 0.452 e.